The molecule has 3 aliphatic carbocycles. The van der Waals surface area contributed by atoms with Crippen molar-refractivity contribution in [1.82, 2.24) is 14.7 Å². The molecule has 0 radical (unpaired) electrons. The normalized spacial score (nSPS) is 25.8. The summed E-state index contributed by atoms with van der Waals surface area (Å²) in [6.07, 6.45) is -1.17. The number of carbonyl (C=O) groups excluding carboxylic acids is 2. The average molecular weight is 620 g/mol. The van der Waals surface area contributed by atoms with E-state index in [-0.39, 0.29) is 60.3 Å². The molecule has 1 amide bonds. The number of hydrogen-bond acceptors (Lipinski definition) is 5. The summed E-state index contributed by atoms with van der Waals surface area (Å²) in [5.41, 5.74) is -1.04. The molecule has 2 N–H and O–H groups in total. The number of allylic oxidation sites excluding steroid dienone is 2. The Bertz CT molecular complexity index is 1550. The van der Waals surface area contributed by atoms with Gasteiger partial charge >= 0.3 is 12.1 Å². The summed E-state index contributed by atoms with van der Waals surface area (Å²) in [5, 5.41) is 24.3. The summed E-state index contributed by atoms with van der Waals surface area (Å²) >= 11 is 6.45. The molecule has 6 rings (SSSR count). The van der Waals surface area contributed by atoms with Gasteiger partial charge in [0, 0.05) is 17.9 Å². The van der Waals surface area contributed by atoms with E-state index in [1.807, 2.05) is 13.0 Å². The van der Waals surface area contributed by atoms with Crippen molar-refractivity contribution in [2.45, 2.75) is 76.0 Å². The van der Waals surface area contributed by atoms with Gasteiger partial charge in [0.15, 0.2) is 0 Å². The third kappa shape index (κ3) is 4.98. The second-order valence-electron chi connectivity index (χ2n) is 12.9. The van der Waals surface area contributed by atoms with Crippen LogP contribution < -0.4 is 0 Å². The monoisotopic (exact) mass is 619 g/mol. The summed E-state index contributed by atoms with van der Waals surface area (Å²) in [7, 11) is 0. The summed E-state index contributed by atoms with van der Waals surface area (Å²) in [6.45, 7) is 3.87. The number of fused-ring (bicyclic) bond motifs is 1. The lowest BCUT2D eigenvalue weighted by Crippen LogP contribution is -2.63. The fourth-order valence-corrected chi connectivity index (χ4v) is 7.41. The number of alkyl halides is 3. The number of carboxylic acids is 1. The molecule has 1 aliphatic heterocycles. The highest BCUT2D eigenvalue weighted by Gasteiger charge is 2.65. The maximum Gasteiger partial charge on any atom is 0.398 e. The zero-order chi connectivity index (χ0) is 31.1. The first-order chi connectivity index (χ1) is 20.1. The zero-order valence-electron chi connectivity index (χ0n) is 23.9. The number of aromatic nitrogens is 2. The lowest BCUT2D eigenvalue weighted by Gasteiger charge is -2.45. The van der Waals surface area contributed by atoms with E-state index in [2.05, 4.69) is 5.10 Å². The predicted octanol–water partition coefficient (Wildman–Crippen LogP) is 5.03. The molecule has 2 aromatic rings. The number of aliphatic carboxylic acids is 1. The summed E-state index contributed by atoms with van der Waals surface area (Å²) < 4.78 is 43.8. The molecular weight excluding hydrogens is 587 g/mol. The number of likely N-dealkylation sites (tertiary alicyclic amines) is 1. The van der Waals surface area contributed by atoms with Crippen LogP contribution >= 0.6 is 11.6 Å². The first-order valence-corrected chi connectivity index (χ1v) is 15.0. The number of β-amino-alcohol motifs (C(OH)–C–C–N with tert-alkyl or cyclic N) is 1. The molecule has 3 unspecified atom stereocenters. The molecule has 2 fully saturated rings. The third-order valence-electron chi connectivity index (χ3n) is 9.67. The highest BCUT2D eigenvalue weighted by molar-refractivity contribution is 6.34. The van der Waals surface area contributed by atoms with Crippen molar-refractivity contribution in [3.8, 4) is 0 Å². The second-order valence-corrected chi connectivity index (χ2v) is 13.3. The van der Waals surface area contributed by atoms with Crippen molar-refractivity contribution < 1.29 is 37.8 Å². The summed E-state index contributed by atoms with van der Waals surface area (Å²) in [5.74, 6) is -3.16. The fraction of sp³-hybridized carbons (Fsp3) is 0.548. The molecule has 1 aromatic heterocycles. The van der Waals surface area contributed by atoms with E-state index in [0.29, 0.717) is 37.1 Å². The Labute approximate surface area is 251 Å². The molecule has 1 aromatic carbocycles. The van der Waals surface area contributed by atoms with Crippen LogP contribution in [0.1, 0.15) is 78.8 Å². The largest absolute Gasteiger partial charge is 0.481 e. The minimum absolute atomic E-state index is 0.107. The first kappa shape index (κ1) is 29.9. The molecule has 230 valence electrons. The lowest BCUT2D eigenvalue weighted by molar-refractivity contribution is -0.160. The van der Waals surface area contributed by atoms with Crippen molar-refractivity contribution in [2.24, 2.45) is 17.8 Å². The SMILES string of the molecule is CC1C=C(c2nn(C(=O)c3c(Cl)cccc3C3(C(F)(F)F)CC3)c3c2CCC(C(=O)N2CC(C)(O)C2)C3)CCC1C(=O)O. The van der Waals surface area contributed by atoms with Crippen LogP contribution in [0, 0.1) is 17.8 Å². The van der Waals surface area contributed by atoms with Crippen molar-refractivity contribution in [3.05, 3.63) is 57.4 Å². The van der Waals surface area contributed by atoms with E-state index in [4.69, 9.17) is 11.6 Å². The minimum atomic E-state index is -4.57. The van der Waals surface area contributed by atoms with Crippen molar-refractivity contribution in [3.63, 3.8) is 0 Å². The maximum absolute atomic E-state index is 14.2. The lowest BCUT2D eigenvalue weighted by atomic mass is 9.78. The van der Waals surface area contributed by atoms with E-state index in [0.717, 1.165) is 15.8 Å². The van der Waals surface area contributed by atoms with E-state index in [1.54, 1.807) is 11.8 Å². The second kappa shape index (κ2) is 10.2. The van der Waals surface area contributed by atoms with Gasteiger partial charge in [-0.1, -0.05) is 36.7 Å². The molecule has 3 atom stereocenters. The highest BCUT2D eigenvalue weighted by Crippen LogP contribution is 2.60. The Morgan fingerprint density at radius 2 is 1.81 bits per heavy atom. The van der Waals surface area contributed by atoms with Crippen LogP contribution in [0.5, 0.6) is 0 Å². The van der Waals surface area contributed by atoms with Crippen LogP contribution in [-0.2, 0) is 27.8 Å². The third-order valence-corrected chi connectivity index (χ3v) is 9.98. The number of nitrogens with zero attached hydrogens (tertiary/aromatic N) is 3. The number of halogens is 4. The number of amides is 1. The smallest absolute Gasteiger partial charge is 0.398 e. The Hall–Kier alpha value is -3.18. The summed E-state index contributed by atoms with van der Waals surface area (Å²) in [6, 6.07) is 4.10. The van der Waals surface area contributed by atoms with E-state index in [9.17, 15) is 37.8 Å². The Kier molecular flexibility index (Phi) is 7.08. The topological polar surface area (TPSA) is 113 Å². The van der Waals surface area contributed by atoms with Crippen molar-refractivity contribution in [1.29, 1.82) is 0 Å². The van der Waals surface area contributed by atoms with Gasteiger partial charge in [0.2, 0.25) is 5.91 Å². The molecule has 1 saturated heterocycles. The molecule has 1 saturated carbocycles. The first-order valence-electron chi connectivity index (χ1n) is 14.6. The molecule has 0 spiro atoms. The highest BCUT2D eigenvalue weighted by atomic mass is 35.5. The number of carboxylic acid groups (broad SMARTS) is 1. The van der Waals surface area contributed by atoms with E-state index < -0.39 is 40.9 Å². The van der Waals surface area contributed by atoms with E-state index in [1.165, 1.54) is 18.2 Å². The molecule has 4 aliphatic rings. The van der Waals surface area contributed by atoms with Crippen LogP contribution in [0.3, 0.4) is 0 Å². The molecule has 43 heavy (non-hydrogen) atoms. The maximum atomic E-state index is 14.2. The van der Waals surface area contributed by atoms with Gasteiger partial charge < -0.3 is 15.1 Å². The van der Waals surface area contributed by atoms with Crippen molar-refractivity contribution >= 4 is 35.0 Å². The quantitative estimate of drug-likeness (QED) is 0.486. The van der Waals surface area contributed by atoms with Crippen LogP contribution in [0.15, 0.2) is 24.3 Å². The van der Waals surface area contributed by atoms with Crippen molar-refractivity contribution in [2.75, 3.05) is 13.1 Å². The number of aliphatic hydroxyl groups is 1. The average Bonchev–Trinajstić information content (AvgIpc) is 3.66. The Balaban J connectivity index is 1.43. The number of benzene rings is 1. The van der Waals surface area contributed by atoms with Crippen LogP contribution in [-0.4, -0.2) is 67.5 Å². The molecule has 12 heteroatoms. The van der Waals surface area contributed by atoms with Gasteiger partial charge in [0.1, 0.15) is 0 Å². The van der Waals surface area contributed by atoms with Gasteiger partial charge in [-0.2, -0.15) is 23.0 Å². The van der Waals surface area contributed by atoms with Gasteiger partial charge in [-0.05, 0) is 68.6 Å². The van der Waals surface area contributed by atoms with Crippen LogP contribution in [0.25, 0.3) is 5.57 Å². The molecule has 8 nitrogen and oxygen atoms in total. The van der Waals surface area contributed by atoms with E-state index >= 15 is 0 Å². The van der Waals surface area contributed by atoms with Crippen LogP contribution in [0.4, 0.5) is 13.2 Å². The standard InChI is InChI=1S/C31H33ClF3N3O5/c1-16-12-17(6-8-19(16)28(41)42)25-20-9-7-18(26(39)37-14-29(2,43)15-37)13-23(20)38(36-25)27(40)24-21(4-3-5-22(24)32)30(10-11-30)31(33,34)35/h3-5,12,16,18-19,43H,6-11,13-15H2,1-2H3,(H,41,42). The summed E-state index contributed by atoms with van der Waals surface area (Å²) in [4.78, 5) is 40.8. The van der Waals surface area contributed by atoms with Gasteiger partial charge in [0.25, 0.3) is 5.91 Å². The zero-order valence-corrected chi connectivity index (χ0v) is 24.6. The fourth-order valence-electron chi connectivity index (χ4n) is 7.15. The minimum Gasteiger partial charge on any atom is -0.481 e. The molecular formula is C31H33ClF3N3O5. The number of hydrogen-bond donors (Lipinski definition) is 2. The van der Waals surface area contributed by atoms with Gasteiger partial charge in [0.05, 0.1) is 52.0 Å². The van der Waals surface area contributed by atoms with Gasteiger partial charge in [-0.25, -0.2) is 0 Å². The Morgan fingerprint density at radius 3 is 2.40 bits per heavy atom. The Morgan fingerprint density at radius 1 is 1.12 bits per heavy atom. The van der Waals surface area contributed by atoms with Gasteiger partial charge in [-0.3, -0.25) is 14.4 Å². The van der Waals surface area contributed by atoms with Gasteiger partial charge in [-0.15, -0.1) is 0 Å². The number of rotatable bonds is 5. The number of carbonyl (C=O) groups is 3. The molecule has 2 heterocycles. The van der Waals surface area contributed by atoms with Crippen LogP contribution in [0.2, 0.25) is 5.02 Å². The predicted molar refractivity (Wildman–Crippen MR) is 151 cm³/mol. The molecule has 0 bridgehead atoms.